The Bertz CT molecular complexity index is 550. The SMILES string of the molecule is O[C@H]1CCCC[C@@H]1Oc1ccccc1-c1ccccc1. The molecule has 1 aliphatic rings. The van der Waals surface area contributed by atoms with Crippen LogP contribution in [0.25, 0.3) is 11.1 Å². The first-order chi connectivity index (χ1) is 9.84. The molecule has 0 heterocycles. The molecule has 0 spiro atoms. The predicted molar refractivity (Wildman–Crippen MR) is 80.8 cm³/mol. The summed E-state index contributed by atoms with van der Waals surface area (Å²) in [5.41, 5.74) is 2.24. The minimum atomic E-state index is -0.340. The van der Waals surface area contributed by atoms with Crippen molar-refractivity contribution in [2.45, 2.75) is 37.9 Å². The minimum absolute atomic E-state index is 0.0754. The van der Waals surface area contributed by atoms with Crippen LogP contribution in [-0.2, 0) is 0 Å². The topological polar surface area (TPSA) is 29.5 Å². The van der Waals surface area contributed by atoms with Crippen LogP contribution in [0.5, 0.6) is 5.75 Å². The summed E-state index contributed by atoms with van der Waals surface area (Å²) in [6.45, 7) is 0. The van der Waals surface area contributed by atoms with E-state index in [4.69, 9.17) is 4.74 Å². The van der Waals surface area contributed by atoms with E-state index in [-0.39, 0.29) is 12.2 Å². The van der Waals surface area contributed by atoms with Crippen molar-refractivity contribution in [2.24, 2.45) is 0 Å². The lowest BCUT2D eigenvalue weighted by molar-refractivity contribution is 0.00718. The monoisotopic (exact) mass is 268 g/mol. The van der Waals surface area contributed by atoms with Gasteiger partial charge in [-0.25, -0.2) is 0 Å². The van der Waals surface area contributed by atoms with Crippen molar-refractivity contribution in [1.29, 1.82) is 0 Å². The largest absolute Gasteiger partial charge is 0.487 e. The summed E-state index contributed by atoms with van der Waals surface area (Å²) >= 11 is 0. The Morgan fingerprint density at radius 1 is 0.850 bits per heavy atom. The molecule has 0 aromatic heterocycles. The van der Waals surface area contributed by atoms with Crippen LogP contribution in [-0.4, -0.2) is 17.3 Å². The van der Waals surface area contributed by atoms with Gasteiger partial charge in [-0.3, -0.25) is 0 Å². The van der Waals surface area contributed by atoms with Gasteiger partial charge in [-0.15, -0.1) is 0 Å². The number of hydrogen-bond donors (Lipinski definition) is 1. The highest BCUT2D eigenvalue weighted by atomic mass is 16.5. The zero-order chi connectivity index (χ0) is 13.8. The second kappa shape index (κ2) is 6.10. The number of hydrogen-bond acceptors (Lipinski definition) is 2. The summed E-state index contributed by atoms with van der Waals surface area (Å²) < 4.78 is 6.10. The highest BCUT2D eigenvalue weighted by molar-refractivity contribution is 5.70. The maximum absolute atomic E-state index is 10.1. The molecule has 1 saturated carbocycles. The average molecular weight is 268 g/mol. The van der Waals surface area contributed by atoms with Gasteiger partial charge >= 0.3 is 0 Å². The molecule has 2 heteroatoms. The van der Waals surface area contributed by atoms with Gasteiger partial charge in [0.2, 0.25) is 0 Å². The second-order valence-electron chi connectivity index (χ2n) is 5.37. The fourth-order valence-electron chi connectivity index (χ4n) is 2.80. The van der Waals surface area contributed by atoms with Gasteiger partial charge in [0.25, 0.3) is 0 Å². The van der Waals surface area contributed by atoms with Crippen molar-refractivity contribution in [3.63, 3.8) is 0 Å². The van der Waals surface area contributed by atoms with Gasteiger partial charge in [-0.05, 0) is 30.9 Å². The Morgan fingerprint density at radius 3 is 2.35 bits per heavy atom. The van der Waals surface area contributed by atoms with Gasteiger partial charge in [0.05, 0.1) is 6.10 Å². The molecule has 104 valence electrons. The van der Waals surface area contributed by atoms with Crippen LogP contribution in [0.3, 0.4) is 0 Å². The van der Waals surface area contributed by atoms with Crippen LogP contribution in [0.15, 0.2) is 54.6 Å². The van der Waals surface area contributed by atoms with Gasteiger partial charge in [0.15, 0.2) is 0 Å². The number of aliphatic hydroxyl groups is 1. The summed E-state index contributed by atoms with van der Waals surface area (Å²) in [5.74, 6) is 0.865. The smallest absolute Gasteiger partial charge is 0.127 e. The molecule has 0 unspecified atom stereocenters. The zero-order valence-electron chi connectivity index (χ0n) is 11.5. The van der Waals surface area contributed by atoms with Crippen molar-refractivity contribution in [3.05, 3.63) is 54.6 Å². The summed E-state index contributed by atoms with van der Waals surface area (Å²) in [6.07, 6.45) is 3.60. The van der Waals surface area contributed by atoms with E-state index in [1.54, 1.807) is 0 Å². The van der Waals surface area contributed by atoms with Crippen LogP contribution in [0.1, 0.15) is 25.7 Å². The third-order valence-electron chi connectivity index (χ3n) is 3.92. The number of rotatable bonds is 3. The lowest BCUT2D eigenvalue weighted by Crippen LogP contribution is -2.34. The molecule has 0 bridgehead atoms. The Morgan fingerprint density at radius 2 is 1.55 bits per heavy atom. The van der Waals surface area contributed by atoms with Gasteiger partial charge in [-0.2, -0.15) is 0 Å². The van der Waals surface area contributed by atoms with Crippen LogP contribution in [0, 0.1) is 0 Å². The first-order valence-electron chi connectivity index (χ1n) is 7.34. The zero-order valence-corrected chi connectivity index (χ0v) is 11.5. The fourth-order valence-corrected chi connectivity index (χ4v) is 2.80. The molecule has 20 heavy (non-hydrogen) atoms. The van der Waals surface area contributed by atoms with Crippen LogP contribution in [0.4, 0.5) is 0 Å². The van der Waals surface area contributed by atoms with E-state index in [9.17, 15) is 5.11 Å². The molecule has 1 fully saturated rings. The van der Waals surface area contributed by atoms with Crippen LogP contribution < -0.4 is 4.74 Å². The van der Waals surface area contributed by atoms with Crippen LogP contribution in [0.2, 0.25) is 0 Å². The van der Waals surface area contributed by atoms with E-state index in [1.807, 2.05) is 36.4 Å². The van der Waals surface area contributed by atoms with Crippen LogP contribution >= 0.6 is 0 Å². The lowest BCUT2D eigenvalue weighted by atomic mass is 9.94. The summed E-state index contributed by atoms with van der Waals surface area (Å²) in [4.78, 5) is 0. The Kier molecular flexibility index (Phi) is 4.03. The van der Waals surface area contributed by atoms with E-state index in [2.05, 4.69) is 18.2 Å². The molecule has 2 aromatic carbocycles. The van der Waals surface area contributed by atoms with E-state index < -0.39 is 0 Å². The molecule has 0 radical (unpaired) electrons. The molecular formula is C18H20O2. The van der Waals surface area contributed by atoms with Gasteiger partial charge in [0.1, 0.15) is 11.9 Å². The summed E-state index contributed by atoms with van der Waals surface area (Å²) in [5, 5.41) is 10.1. The Labute approximate surface area is 120 Å². The third kappa shape index (κ3) is 2.86. The maximum Gasteiger partial charge on any atom is 0.127 e. The molecule has 2 nitrogen and oxygen atoms in total. The number of aliphatic hydroxyl groups excluding tert-OH is 1. The fraction of sp³-hybridized carbons (Fsp3) is 0.333. The first-order valence-corrected chi connectivity index (χ1v) is 7.34. The average Bonchev–Trinajstić information content (AvgIpc) is 2.51. The van der Waals surface area contributed by atoms with E-state index in [0.717, 1.165) is 42.6 Å². The molecule has 2 aromatic rings. The summed E-state index contributed by atoms with van der Waals surface area (Å²) in [6, 6.07) is 18.3. The first kappa shape index (κ1) is 13.2. The highest BCUT2D eigenvalue weighted by Crippen LogP contribution is 2.32. The number of para-hydroxylation sites is 1. The number of benzene rings is 2. The normalized spacial score (nSPS) is 22.4. The number of ether oxygens (including phenoxy) is 1. The molecule has 1 aliphatic carbocycles. The van der Waals surface area contributed by atoms with Gasteiger partial charge in [0, 0.05) is 5.56 Å². The van der Waals surface area contributed by atoms with Crippen molar-refractivity contribution < 1.29 is 9.84 Å². The van der Waals surface area contributed by atoms with E-state index in [1.165, 1.54) is 0 Å². The van der Waals surface area contributed by atoms with E-state index >= 15 is 0 Å². The third-order valence-corrected chi connectivity index (χ3v) is 3.92. The standard InChI is InChI=1S/C18H20O2/c19-16-11-5-7-13-18(16)20-17-12-6-4-10-15(17)14-8-2-1-3-9-14/h1-4,6,8-10,12,16,18-19H,5,7,11,13H2/t16-,18-/m0/s1. The molecule has 2 atom stereocenters. The Hall–Kier alpha value is -1.80. The predicted octanol–water partition coefficient (Wildman–Crippen LogP) is 4.04. The quantitative estimate of drug-likeness (QED) is 0.910. The van der Waals surface area contributed by atoms with E-state index in [0.29, 0.717) is 0 Å². The molecule has 0 aliphatic heterocycles. The molecule has 1 N–H and O–H groups in total. The van der Waals surface area contributed by atoms with Crippen molar-refractivity contribution in [3.8, 4) is 16.9 Å². The molecular weight excluding hydrogens is 248 g/mol. The van der Waals surface area contributed by atoms with Crippen molar-refractivity contribution in [2.75, 3.05) is 0 Å². The lowest BCUT2D eigenvalue weighted by Gasteiger charge is -2.29. The molecule has 0 amide bonds. The van der Waals surface area contributed by atoms with Crippen molar-refractivity contribution >= 4 is 0 Å². The van der Waals surface area contributed by atoms with Gasteiger partial charge < -0.3 is 9.84 Å². The maximum atomic E-state index is 10.1. The molecule has 3 rings (SSSR count). The minimum Gasteiger partial charge on any atom is -0.487 e. The molecule has 0 saturated heterocycles. The Balaban J connectivity index is 1.86. The summed E-state index contributed by atoms with van der Waals surface area (Å²) in [7, 11) is 0. The van der Waals surface area contributed by atoms with Crippen molar-refractivity contribution in [1.82, 2.24) is 0 Å². The van der Waals surface area contributed by atoms with Gasteiger partial charge in [-0.1, -0.05) is 55.0 Å². The highest BCUT2D eigenvalue weighted by Gasteiger charge is 2.25. The second-order valence-corrected chi connectivity index (χ2v) is 5.37.